The lowest BCUT2D eigenvalue weighted by Crippen LogP contribution is -2.10. The summed E-state index contributed by atoms with van der Waals surface area (Å²) in [6.45, 7) is 1.78. The van der Waals surface area contributed by atoms with Crippen LogP contribution in [0.2, 0.25) is 5.02 Å². The molecule has 6 nitrogen and oxygen atoms in total. The molecule has 0 aliphatic rings. The van der Waals surface area contributed by atoms with Gasteiger partial charge in [0, 0.05) is 18.6 Å². The van der Waals surface area contributed by atoms with Crippen LogP contribution in [0.25, 0.3) is 0 Å². The third-order valence-electron chi connectivity index (χ3n) is 3.11. The van der Waals surface area contributed by atoms with Gasteiger partial charge in [-0.05, 0) is 12.1 Å². The van der Waals surface area contributed by atoms with Crippen LogP contribution in [0.3, 0.4) is 0 Å². The third kappa shape index (κ3) is 4.26. The Kier molecular flexibility index (Phi) is 5.65. The van der Waals surface area contributed by atoms with E-state index in [0.29, 0.717) is 34.4 Å². The highest BCUT2D eigenvalue weighted by Gasteiger charge is 2.10. The number of nitrogens with one attached hydrogen (secondary N) is 2. The number of amides is 1. The van der Waals surface area contributed by atoms with Crippen molar-refractivity contribution >= 4 is 34.7 Å². The van der Waals surface area contributed by atoms with E-state index in [-0.39, 0.29) is 5.91 Å². The van der Waals surface area contributed by atoms with Crippen LogP contribution in [0.4, 0.5) is 17.2 Å². The summed E-state index contributed by atoms with van der Waals surface area (Å²) in [7, 11) is 3.11. The van der Waals surface area contributed by atoms with Gasteiger partial charge in [-0.15, -0.1) is 0 Å². The third-order valence-corrected chi connectivity index (χ3v) is 3.40. The molecule has 0 saturated carbocycles. The standard InChI is InChI=1S/C16H18ClN3O3/c1-4-16(21)20-15-6-5-10(9-18-15)19-12-8-13(22-2)11(17)7-14(12)23-3/h5-9,19H,4H2,1-3H3,(H,18,20,21). The zero-order valence-corrected chi connectivity index (χ0v) is 13.9. The maximum atomic E-state index is 11.3. The van der Waals surface area contributed by atoms with E-state index in [1.807, 2.05) is 0 Å². The topological polar surface area (TPSA) is 72.5 Å². The number of hydrogen-bond donors (Lipinski definition) is 2. The van der Waals surface area contributed by atoms with Gasteiger partial charge in [-0.2, -0.15) is 0 Å². The summed E-state index contributed by atoms with van der Waals surface area (Å²) < 4.78 is 10.5. The second kappa shape index (κ2) is 7.69. The molecule has 1 aromatic carbocycles. The Labute approximate surface area is 139 Å². The monoisotopic (exact) mass is 335 g/mol. The number of anilines is 3. The number of carbonyl (C=O) groups excluding carboxylic acids is 1. The molecule has 0 fully saturated rings. The van der Waals surface area contributed by atoms with Gasteiger partial charge < -0.3 is 20.1 Å². The normalized spacial score (nSPS) is 10.1. The molecule has 122 valence electrons. The van der Waals surface area contributed by atoms with Crippen LogP contribution in [-0.2, 0) is 4.79 Å². The molecule has 2 N–H and O–H groups in total. The Hall–Kier alpha value is -2.47. The first kappa shape index (κ1) is 16.9. The van der Waals surface area contributed by atoms with Gasteiger partial charge >= 0.3 is 0 Å². The Morgan fingerprint density at radius 1 is 1.22 bits per heavy atom. The average molecular weight is 336 g/mol. The number of halogens is 1. The number of hydrogen-bond acceptors (Lipinski definition) is 5. The van der Waals surface area contributed by atoms with Crippen molar-refractivity contribution in [3.05, 3.63) is 35.5 Å². The molecule has 23 heavy (non-hydrogen) atoms. The minimum Gasteiger partial charge on any atom is -0.495 e. The zero-order valence-electron chi connectivity index (χ0n) is 13.1. The summed E-state index contributed by atoms with van der Waals surface area (Å²) in [5.41, 5.74) is 1.43. The number of aromatic nitrogens is 1. The fraction of sp³-hybridized carbons (Fsp3) is 0.250. The van der Waals surface area contributed by atoms with E-state index in [0.717, 1.165) is 5.69 Å². The molecule has 0 aliphatic heterocycles. The minimum atomic E-state index is -0.0812. The first-order valence-electron chi connectivity index (χ1n) is 7.01. The summed E-state index contributed by atoms with van der Waals surface area (Å²) in [5, 5.41) is 6.34. The molecule has 0 radical (unpaired) electrons. The van der Waals surface area contributed by atoms with E-state index in [1.54, 1.807) is 51.6 Å². The van der Waals surface area contributed by atoms with Gasteiger partial charge in [-0.25, -0.2) is 4.98 Å². The maximum absolute atomic E-state index is 11.3. The molecule has 1 amide bonds. The van der Waals surface area contributed by atoms with Crippen LogP contribution in [0.1, 0.15) is 13.3 Å². The predicted octanol–water partition coefficient (Wildman–Crippen LogP) is 3.84. The fourth-order valence-corrected chi connectivity index (χ4v) is 2.12. The molecule has 1 heterocycles. The van der Waals surface area contributed by atoms with Crippen molar-refractivity contribution in [2.75, 3.05) is 24.9 Å². The fourth-order valence-electron chi connectivity index (χ4n) is 1.89. The van der Waals surface area contributed by atoms with Crippen LogP contribution in [-0.4, -0.2) is 25.1 Å². The summed E-state index contributed by atoms with van der Waals surface area (Å²) >= 11 is 6.08. The van der Waals surface area contributed by atoms with E-state index in [2.05, 4.69) is 15.6 Å². The van der Waals surface area contributed by atoms with E-state index in [1.165, 1.54) is 0 Å². The number of methoxy groups -OCH3 is 2. The number of carbonyl (C=O) groups is 1. The number of pyridine rings is 1. The molecular weight excluding hydrogens is 318 g/mol. The van der Waals surface area contributed by atoms with E-state index in [9.17, 15) is 4.79 Å². The molecule has 7 heteroatoms. The molecule has 2 aromatic rings. The highest BCUT2D eigenvalue weighted by molar-refractivity contribution is 6.32. The Morgan fingerprint density at radius 3 is 2.52 bits per heavy atom. The molecule has 0 unspecified atom stereocenters. The van der Waals surface area contributed by atoms with Crippen LogP contribution < -0.4 is 20.1 Å². The summed E-state index contributed by atoms with van der Waals surface area (Å²) in [6, 6.07) is 6.94. The van der Waals surface area contributed by atoms with Crippen molar-refractivity contribution in [3.8, 4) is 11.5 Å². The maximum Gasteiger partial charge on any atom is 0.225 e. The van der Waals surface area contributed by atoms with Crippen molar-refractivity contribution in [2.24, 2.45) is 0 Å². The first-order valence-corrected chi connectivity index (χ1v) is 7.39. The lowest BCUT2D eigenvalue weighted by molar-refractivity contribution is -0.115. The Bertz CT molecular complexity index is 690. The van der Waals surface area contributed by atoms with E-state index in [4.69, 9.17) is 21.1 Å². The van der Waals surface area contributed by atoms with E-state index >= 15 is 0 Å². The van der Waals surface area contributed by atoms with Gasteiger partial charge in [-0.3, -0.25) is 4.79 Å². The van der Waals surface area contributed by atoms with E-state index < -0.39 is 0 Å². The first-order chi connectivity index (χ1) is 11.1. The minimum absolute atomic E-state index is 0.0812. The predicted molar refractivity (Wildman–Crippen MR) is 91.0 cm³/mol. The lowest BCUT2D eigenvalue weighted by Gasteiger charge is -2.14. The van der Waals surface area contributed by atoms with Gasteiger partial charge in [0.05, 0.1) is 36.8 Å². The number of benzene rings is 1. The summed E-state index contributed by atoms with van der Waals surface area (Å²) in [5.74, 6) is 1.54. The number of rotatable bonds is 6. The molecule has 0 aliphatic carbocycles. The van der Waals surface area contributed by atoms with Gasteiger partial charge in [0.2, 0.25) is 5.91 Å². The van der Waals surface area contributed by atoms with Crippen LogP contribution in [0.5, 0.6) is 11.5 Å². The summed E-state index contributed by atoms with van der Waals surface area (Å²) in [4.78, 5) is 15.5. The zero-order chi connectivity index (χ0) is 16.8. The van der Waals surface area contributed by atoms with Crippen molar-refractivity contribution < 1.29 is 14.3 Å². The number of ether oxygens (including phenoxy) is 2. The highest BCUT2D eigenvalue weighted by Crippen LogP contribution is 2.37. The lowest BCUT2D eigenvalue weighted by atomic mass is 10.2. The van der Waals surface area contributed by atoms with Crippen LogP contribution >= 0.6 is 11.6 Å². The van der Waals surface area contributed by atoms with Gasteiger partial charge in [0.25, 0.3) is 0 Å². The second-order valence-electron chi connectivity index (χ2n) is 4.65. The molecule has 1 aromatic heterocycles. The van der Waals surface area contributed by atoms with Crippen LogP contribution in [0, 0.1) is 0 Å². The molecule has 2 rings (SSSR count). The second-order valence-corrected chi connectivity index (χ2v) is 5.05. The van der Waals surface area contributed by atoms with Crippen LogP contribution in [0.15, 0.2) is 30.5 Å². The molecule has 0 saturated heterocycles. The van der Waals surface area contributed by atoms with Crippen molar-refractivity contribution in [3.63, 3.8) is 0 Å². The SMILES string of the molecule is CCC(=O)Nc1ccc(Nc2cc(OC)c(Cl)cc2OC)cn1. The summed E-state index contributed by atoms with van der Waals surface area (Å²) in [6.07, 6.45) is 2.02. The van der Waals surface area contributed by atoms with Gasteiger partial charge in [0.15, 0.2) is 0 Å². The smallest absolute Gasteiger partial charge is 0.225 e. The van der Waals surface area contributed by atoms with Gasteiger partial charge in [-0.1, -0.05) is 18.5 Å². The van der Waals surface area contributed by atoms with Crippen molar-refractivity contribution in [1.82, 2.24) is 4.98 Å². The molecule has 0 atom stereocenters. The number of nitrogens with zero attached hydrogens (tertiary/aromatic N) is 1. The molecule has 0 bridgehead atoms. The molecule has 0 spiro atoms. The molecular formula is C16H18ClN3O3. The average Bonchev–Trinajstić information content (AvgIpc) is 2.57. The largest absolute Gasteiger partial charge is 0.495 e. The van der Waals surface area contributed by atoms with Gasteiger partial charge in [0.1, 0.15) is 17.3 Å². The Morgan fingerprint density at radius 2 is 1.96 bits per heavy atom. The van der Waals surface area contributed by atoms with Crippen molar-refractivity contribution in [2.45, 2.75) is 13.3 Å². The Balaban J connectivity index is 2.20. The van der Waals surface area contributed by atoms with Crippen molar-refractivity contribution in [1.29, 1.82) is 0 Å². The quantitative estimate of drug-likeness (QED) is 0.839. The highest BCUT2D eigenvalue weighted by atomic mass is 35.5.